The van der Waals surface area contributed by atoms with Gasteiger partial charge < -0.3 is 10.6 Å². The Balaban J connectivity index is 0.00000243. The highest BCUT2D eigenvalue weighted by molar-refractivity contribution is 14.0. The predicted octanol–water partition coefficient (Wildman–Crippen LogP) is 2.89. The van der Waals surface area contributed by atoms with Crippen LogP contribution >= 0.6 is 24.0 Å². The normalized spacial score (nSPS) is 10.9. The summed E-state index contributed by atoms with van der Waals surface area (Å²) in [6.45, 7) is 1.08. The van der Waals surface area contributed by atoms with E-state index in [4.69, 9.17) is 0 Å². The third kappa shape index (κ3) is 5.51. The fourth-order valence-corrected chi connectivity index (χ4v) is 2.34. The molecule has 0 amide bonds. The van der Waals surface area contributed by atoms with Crippen LogP contribution < -0.4 is 10.6 Å². The molecular weight excluding hydrogens is 446 g/mol. The Labute approximate surface area is 168 Å². The summed E-state index contributed by atoms with van der Waals surface area (Å²) in [6.07, 6.45) is 5.31. The first-order chi connectivity index (χ1) is 12.2. The summed E-state index contributed by atoms with van der Waals surface area (Å²) in [6, 6.07) is 12.2. The fourth-order valence-electron chi connectivity index (χ4n) is 2.34. The molecule has 136 valence electrons. The Bertz CT molecular complexity index is 850. The van der Waals surface area contributed by atoms with Crippen molar-refractivity contribution < 1.29 is 4.39 Å². The molecule has 3 rings (SSSR count). The van der Waals surface area contributed by atoms with Gasteiger partial charge in [-0.1, -0.05) is 12.1 Å². The molecule has 0 spiro atoms. The first kappa shape index (κ1) is 19.8. The molecule has 0 saturated heterocycles. The zero-order valence-corrected chi connectivity index (χ0v) is 16.6. The molecule has 8 heteroatoms. The van der Waals surface area contributed by atoms with Gasteiger partial charge in [0.15, 0.2) is 11.8 Å². The second kappa shape index (κ2) is 9.85. The summed E-state index contributed by atoms with van der Waals surface area (Å²) in [5.74, 6) is 1.15. The van der Waals surface area contributed by atoms with E-state index in [2.05, 4.69) is 25.7 Å². The van der Waals surface area contributed by atoms with Crippen LogP contribution in [0.3, 0.4) is 0 Å². The molecular formula is C18H20FIN6. The van der Waals surface area contributed by atoms with Crippen molar-refractivity contribution in [3.63, 3.8) is 0 Å². The number of hydrogen-bond donors (Lipinski definition) is 2. The van der Waals surface area contributed by atoms with E-state index < -0.39 is 0 Å². The number of hydrogen-bond acceptors (Lipinski definition) is 3. The van der Waals surface area contributed by atoms with Crippen LogP contribution in [0.2, 0.25) is 0 Å². The Kier molecular flexibility index (Phi) is 7.52. The molecule has 2 aromatic heterocycles. The van der Waals surface area contributed by atoms with Gasteiger partial charge in [-0.3, -0.25) is 4.99 Å². The molecule has 26 heavy (non-hydrogen) atoms. The van der Waals surface area contributed by atoms with Crippen molar-refractivity contribution in [3.05, 3.63) is 78.0 Å². The highest BCUT2D eigenvalue weighted by atomic mass is 127. The van der Waals surface area contributed by atoms with Crippen molar-refractivity contribution in [2.75, 3.05) is 7.05 Å². The molecule has 0 aliphatic rings. The molecule has 0 atom stereocenters. The molecule has 0 aliphatic heterocycles. The van der Waals surface area contributed by atoms with Gasteiger partial charge in [0.2, 0.25) is 0 Å². The number of guanidine groups is 1. The maximum Gasteiger partial charge on any atom is 0.191 e. The predicted molar refractivity (Wildman–Crippen MR) is 110 cm³/mol. The van der Waals surface area contributed by atoms with Gasteiger partial charge in [0, 0.05) is 38.7 Å². The molecule has 6 nitrogen and oxygen atoms in total. The van der Waals surface area contributed by atoms with Gasteiger partial charge in [-0.2, -0.15) is 5.10 Å². The number of benzene rings is 1. The Hall–Kier alpha value is -2.49. The number of pyridine rings is 1. The van der Waals surface area contributed by atoms with Gasteiger partial charge in [0.25, 0.3) is 0 Å². The van der Waals surface area contributed by atoms with Crippen LogP contribution in [-0.2, 0) is 13.1 Å². The van der Waals surface area contributed by atoms with Crippen LogP contribution in [0, 0.1) is 5.82 Å². The van der Waals surface area contributed by atoms with E-state index >= 15 is 0 Å². The maximum absolute atomic E-state index is 13.2. The van der Waals surface area contributed by atoms with Gasteiger partial charge >= 0.3 is 0 Å². The van der Waals surface area contributed by atoms with Gasteiger partial charge in [-0.25, -0.2) is 14.1 Å². The fraction of sp³-hybridized carbons (Fsp3) is 0.167. The largest absolute Gasteiger partial charge is 0.352 e. The summed E-state index contributed by atoms with van der Waals surface area (Å²) < 4.78 is 14.9. The van der Waals surface area contributed by atoms with Crippen LogP contribution in [0.1, 0.15) is 11.1 Å². The van der Waals surface area contributed by atoms with Crippen LogP contribution in [-0.4, -0.2) is 27.8 Å². The molecule has 0 saturated carbocycles. The number of rotatable bonds is 5. The highest BCUT2D eigenvalue weighted by Gasteiger charge is 2.03. The lowest BCUT2D eigenvalue weighted by molar-refractivity contribution is 0.624. The first-order valence-corrected chi connectivity index (χ1v) is 7.88. The Morgan fingerprint density at radius 2 is 1.85 bits per heavy atom. The third-order valence-electron chi connectivity index (χ3n) is 3.58. The summed E-state index contributed by atoms with van der Waals surface area (Å²) in [5.41, 5.74) is 1.90. The average Bonchev–Trinajstić information content (AvgIpc) is 3.17. The molecule has 3 aromatic rings. The SMILES string of the molecule is CN=C(NCc1cccc(F)c1)NCc1ccnc(-n2cccn2)c1.I. The highest BCUT2D eigenvalue weighted by Crippen LogP contribution is 2.06. The zero-order chi connectivity index (χ0) is 17.5. The number of aromatic nitrogens is 3. The van der Waals surface area contributed by atoms with Crippen molar-refractivity contribution in [1.29, 1.82) is 0 Å². The standard InChI is InChI=1S/C18H19FN6.HI/c1-20-18(22-12-14-4-2-5-16(19)10-14)23-13-15-6-8-21-17(11-15)25-9-3-7-24-25;/h2-11H,12-13H2,1H3,(H2,20,22,23);1H. The summed E-state index contributed by atoms with van der Waals surface area (Å²) in [5, 5.41) is 10.6. The summed E-state index contributed by atoms with van der Waals surface area (Å²) in [7, 11) is 1.70. The quantitative estimate of drug-likeness (QED) is 0.345. The van der Waals surface area contributed by atoms with Crippen LogP contribution in [0.4, 0.5) is 4.39 Å². The smallest absolute Gasteiger partial charge is 0.191 e. The monoisotopic (exact) mass is 466 g/mol. The lowest BCUT2D eigenvalue weighted by Crippen LogP contribution is -2.36. The van der Waals surface area contributed by atoms with E-state index in [1.54, 1.807) is 30.2 Å². The second-order valence-electron chi connectivity index (χ2n) is 5.38. The average molecular weight is 466 g/mol. The van der Waals surface area contributed by atoms with E-state index in [1.807, 2.05) is 30.5 Å². The molecule has 2 heterocycles. The van der Waals surface area contributed by atoms with E-state index in [0.717, 1.165) is 16.9 Å². The zero-order valence-electron chi connectivity index (χ0n) is 14.3. The van der Waals surface area contributed by atoms with Crippen LogP contribution in [0.25, 0.3) is 5.82 Å². The Morgan fingerprint density at radius 3 is 2.50 bits per heavy atom. The lowest BCUT2D eigenvalue weighted by atomic mass is 10.2. The van der Waals surface area contributed by atoms with E-state index in [-0.39, 0.29) is 29.8 Å². The van der Waals surface area contributed by atoms with Gasteiger partial charge in [0.1, 0.15) is 5.82 Å². The van der Waals surface area contributed by atoms with E-state index in [0.29, 0.717) is 19.0 Å². The first-order valence-electron chi connectivity index (χ1n) is 7.88. The minimum atomic E-state index is -0.245. The Morgan fingerprint density at radius 1 is 1.08 bits per heavy atom. The minimum absolute atomic E-state index is 0. The number of nitrogens with one attached hydrogen (secondary N) is 2. The van der Waals surface area contributed by atoms with Crippen LogP contribution in [0.5, 0.6) is 0 Å². The number of nitrogens with zero attached hydrogens (tertiary/aromatic N) is 4. The number of aliphatic imine (C=N–C) groups is 1. The lowest BCUT2D eigenvalue weighted by Gasteiger charge is -2.12. The molecule has 2 N–H and O–H groups in total. The number of halogens is 2. The van der Waals surface area contributed by atoms with Crippen molar-refractivity contribution in [3.8, 4) is 5.82 Å². The van der Waals surface area contributed by atoms with Gasteiger partial charge in [-0.15, -0.1) is 24.0 Å². The molecule has 0 radical (unpaired) electrons. The van der Waals surface area contributed by atoms with E-state index in [1.165, 1.54) is 12.1 Å². The van der Waals surface area contributed by atoms with Gasteiger partial charge in [-0.05, 0) is 41.5 Å². The molecule has 1 aromatic carbocycles. The minimum Gasteiger partial charge on any atom is -0.352 e. The molecule has 0 fully saturated rings. The topological polar surface area (TPSA) is 67.1 Å². The van der Waals surface area contributed by atoms with Crippen LogP contribution in [0.15, 0.2) is 66.0 Å². The summed E-state index contributed by atoms with van der Waals surface area (Å²) >= 11 is 0. The molecule has 0 unspecified atom stereocenters. The van der Waals surface area contributed by atoms with Gasteiger partial charge in [0.05, 0.1) is 0 Å². The molecule has 0 aliphatic carbocycles. The molecule has 0 bridgehead atoms. The second-order valence-corrected chi connectivity index (χ2v) is 5.38. The summed E-state index contributed by atoms with van der Waals surface area (Å²) in [4.78, 5) is 8.49. The van der Waals surface area contributed by atoms with E-state index in [9.17, 15) is 4.39 Å². The van der Waals surface area contributed by atoms with Crippen molar-refractivity contribution in [2.45, 2.75) is 13.1 Å². The van der Waals surface area contributed by atoms with Crippen molar-refractivity contribution >= 4 is 29.9 Å². The van der Waals surface area contributed by atoms with Crippen molar-refractivity contribution in [1.82, 2.24) is 25.4 Å². The van der Waals surface area contributed by atoms with Crippen molar-refractivity contribution in [2.24, 2.45) is 4.99 Å². The maximum atomic E-state index is 13.2. The third-order valence-corrected chi connectivity index (χ3v) is 3.58.